The molecule has 2 bridgehead atoms. The van der Waals surface area contributed by atoms with Crippen LogP contribution in [0.2, 0.25) is 5.02 Å². The standard InChI is InChI=1S/C15H19ClN2O/c1-18(14-8-11(16)4-5-13(14)17)15(19)12-7-9-2-3-10(12)6-9/h4-5,8-10,12H,2-3,6-7,17H2,1H3. The lowest BCUT2D eigenvalue weighted by molar-refractivity contribution is -0.123. The van der Waals surface area contributed by atoms with Gasteiger partial charge in [0.2, 0.25) is 5.91 Å². The fourth-order valence-corrected chi connectivity index (χ4v) is 3.89. The molecular formula is C15H19ClN2O. The zero-order chi connectivity index (χ0) is 13.6. The van der Waals surface area contributed by atoms with Crippen molar-refractivity contribution in [1.29, 1.82) is 0 Å². The number of carbonyl (C=O) groups excluding carboxylic acids is 1. The Morgan fingerprint density at radius 3 is 2.79 bits per heavy atom. The van der Waals surface area contributed by atoms with E-state index < -0.39 is 0 Å². The molecule has 1 aromatic carbocycles. The molecule has 2 saturated carbocycles. The molecule has 3 rings (SSSR count). The minimum Gasteiger partial charge on any atom is -0.397 e. The van der Waals surface area contributed by atoms with Gasteiger partial charge < -0.3 is 10.6 Å². The molecule has 1 amide bonds. The van der Waals surface area contributed by atoms with Crippen LogP contribution in [0.15, 0.2) is 18.2 Å². The molecule has 4 heteroatoms. The van der Waals surface area contributed by atoms with E-state index in [0.717, 1.165) is 18.0 Å². The molecular weight excluding hydrogens is 260 g/mol. The van der Waals surface area contributed by atoms with Gasteiger partial charge >= 0.3 is 0 Å². The first-order valence-electron chi connectivity index (χ1n) is 6.89. The van der Waals surface area contributed by atoms with Gasteiger partial charge in [0, 0.05) is 18.0 Å². The van der Waals surface area contributed by atoms with Crippen molar-refractivity contribution in [2.45, 2.75) is 25.7 Å². The van der Waals surface area contributed by atoms with Gasteiger partial charge in [-0.2, -0.15) is 0 Å². The van der Waals surface area contributed by atoms with E-state index >= 15 is 0 Å². The fraction of sp³-hybridized carbons (Fsp3) is 0.533. The van der Waals surface area contributed by atoms with E-state index in [2.05, 4.69) is 0 Å². The predicted molar refractivity (Wildman–Crippen MR) is 78.2 cm³/mol. The van der Waals surface area contributed by atoms with Gasteiger partial charge in [-0.15, -0.1) is 0 Å². The molecule has 0 saturated heterocycles. The lowest BCUT2D eigenvalue weighted by Gasteiger charge is -2.27. The summed E-state index contributed by atoms with van der Waals surface area (Å²) in [5, 5.41) is 0.608. The van der Waals surface area contributed by atoms with Gasteiger partial charge in [-0.3, -0.25) is 4.79 Å². The average molecular weight is 279 g/mol. The van der Waals surface area contributed by atoms with Gasteiger partial charge in [0.1, 0.15) is 0 Å². The summed E-state index contributed by atoms with van der Waals surface area (Å²) in [6.45, 7) is 0. The van der Waals surface area contributed by atoms with Crippen molar-refractivity contribution in [3.8, 4) is 0 Å². The van der Waals surface area contributed by atoms with Crippen molar-refractivity contribution >= 4 is 28.9 Å². The molecule has 2 fully saturated rings. The van der Waals surface area contributed by atoms with Gasteiger partial charge in [0.25, 0.3) is 0 Å². The first-order chi connectivity index (χ1) is 9.06. The third kappa shape index (κ3) is 2.20. The number of carbonyl (C=O) groups is 1. The minimum absolute atomic E-state index is 0.183. The second-order valence-electron chi connectivity index (χ2n) is 5.88. The van der Waals surface area contributed by atoms with E-state index in [4.69, 9.17) is 17.3 Å². The summed E-state index contributed by atoms with van der Waals surface area (Å²) in [6, 6.07) is 5.26. The molecule has 102 valence electrons. The van der Waals surface area contributed by atoms with E-state index in [9.17, 15) is 4.79 Å². The number of nitrogen functional groups attached to an aromatic ring is 1. The molecule has 0 aliphatic heterocycles. The highest BCUT2D eigenvalue weighted by Crippen LogP contribution is 2.49. The monoisotopic (exact) mass is 278 g/mol. The van der Waals surface area contributed by atoms with E-state index in [1.165, 1.54) is 19.3 Å². The summed E-state index contributed by atoms with van der Waals surface area (Å²) in [7, 11) is 1.80. The van der Waals surface area contributed by atoms with Crippen LogP contribution in [0.25, 0.3) is 0 Å². The van der Waals surface area contributed by atoms with Gasteiger partial charge in [-0.05, 0) is 49.3 Å². The number of benzene rings is 1. The first-order valence-corrected chi connectivity index (χ1v) is 7.26. The number of halogens is 1. The number of hydrogen-bond acceptors (Lipinski definition) is 2. The second-order valence-corrected chi connectivity index (χ2v) is 6.32. The van der Waals surface area contributed by atoms with Gasteiger partial charge in [0.15, 0.2) is 0 Å². The van der Waals surface area contributed by atoms with Crippen LogP contribution in [0, 0.1) is 17.8 Å². The Morgan fingerprint density at radius 1 is 1.37 bits per heavy atom. The predicted octanol–water partition coefficient (Wildman–Crippen LogP) is 3.32. The summed E-state index contributed by atoms with van der Waals surface area (Å²) < 4.78 is 0. The highest BCUT2D eigenvalue weighted by atomic mass is 35.5. The number of nitrogens with zero attached hydrogens (tertiary/aromatic N) is 1. The van der Waals surface area contributed by atoms with E-state index in [1.54, 1.807) is 30.1 Å². The number of fused-ring (bicyclic) bond motifs is 2. The van der Waals surface area contributed by atoms with Crippen LogP contribution >= 0.6 is 11.6 Å². The molecule has 0 heterocycles. The number of rotatable bonds is 2. The largest absolute Gasteiger partial charge is 0.397 e. The Bertz CT molecular complexity index is 517. The molecule has 3 atom stereocenters. The van der Waals surface area contributed by atoms with Crippen molar-refractivity contribution in [1.82, 2.24) is 0 Å². The average Bonchev–Trinajstić information content (AvgIpc) is 3.02. The van der Waals surface area contributed by atoms with Crippen molar-refractivity contribution in [2.75, 3.05) is 17.7 Å². The zero-order valence-corrected chi connectivity index (χ0v) is 11.9. The van der Waals surface area contributed by atoms with Gasteiger partial charge in [-0.1, -0.05) is 18.0 Å². The fourth-order valence-electron chi connectivity index (χ4n) is 3.72. The lowest BCUT2D eigenvalue weighted by Crippen LogP contribution is -2.35. The number of nitrogens with two attached hydrogens (primary N) is 1. The van der Waals surface area contributed by atoms with Crippen molar-refractivity contribution < 1.29 is 4.79 Å². The number of amides is 1. The highest BCUT2D eigenvalue weighted by Gasteiger charge is 2.44. The van der Waals surface area contributed by atoms with Crippen LogP contribution in [-0.4, -0.2) is 13.0 Å². The summed E-state index contributed by atoms with van der Waals surface area (Å²) in [6.07, 6.45) is 4.79. The molecule has 3 nitrogen and oxygen atoms in total. The summed E-state index contributed by atoms with van der Waals surface area (Å²) in [4.78, 5) is 14.3. The number of anilines is 2. The number of hydrogen-bond donors (Lipinski definition) is 1. The van der Waals surface area contributed by atoms with Crippen molar-refractivity contribution in [3.05, 3.63) is 23.2 Å². The van der Waals surface area contributed by atoms with Crippen molar-refractivity contribution in [3.63, 3.8) is 0 Å². The van der Waals surface area contributed by atoms with Crippen LogP contribution < -0.4 is 10.6 Å². The molecule has 0 spiro atoms. The van der Waals surface area contributed by atoms with Crippen LogP contribution in [-0.2, 0) is 4.79 Å². The molecule has 2 N–H and O–H groups in total. The van der Waals surface area contributed by atoms with Crippen LogP contribution in [0.4, 0.5) is 11.4 Å². The Balaban J connectivity index is 1.81. The molecule has 2 aliphatic rings. The smallest absolute Gasteiger partial charge is 0.230 e. The topological polar surface area (TPSA) is 46.3 Å². The SMILES string of the molecule is CN(C(=O)C1CC2CCC1C2)c1cc(Cl)ccc1N. The third-order valence-electron chi connectivity index (χ3n) is 4.74. The van der Waals surface area contributed by atoms with E-state index in [0.29, 0.717) is 16.6 Å². The Kier molecular flexibility index (Phi) is 3.17. The molecule has 2 aliphatic carbocycles. The normalized spacial score (nSPS) is 28.6. The quantitative estimate of drug-likeness (QED) is 0.844. The van der Waals surface area contributed by atoms with Crippen LogP contribution in [0.1, 0.15) is 25.7 Å². The lowest BCUT2D eigenvalue weighted by atomic mass is 9.87. The van der Waals surface area contributed by atoms with Crippen LogP contribution in [0.3, 0.4) is 0 Å². The van der Waals surface area contributed by atoms with Gasteiger partial charge in [-0.25, -0.2) is 0 Å². The zero-order valence-electron chi connectivity index (χ0n) is 11.1. The molecule has 0 aromatic heterocycles. The van der Waals surface area contributed by atoms with Gasteiger partial charge in [0.05, 0.1) is 11.4 Å². The summed E-state index contributed by atoms with van der Waals surface area (Å²) in [5.74, 6) is 1.73. The van der Waals surface area contributed by atoms with Crippen LogP contribution in [0.5, 0.6) is 0 Å². The van der Waals surface area contributed by atoms with Crippen molar-refractivity contribution in [2.24, 2.45) is 17.8 Å². The summed E-state index contributed by atoms with van der Waals surface area (Å²) >= 11 is 5.99. The minimum atomic E-state index is 0.183. The molecule has 1 aromatic rings. The third-order valence-corrected chi connectivity index (χ3v) is 4.97. The molecule has 0 radical (unpaired) electrons. The van der Waals surface area contributed by atoms with E-state index in [-0.39, 0.29) is 11.8 Å². The Labute approximate surface area is 118 Å². The summed E-state index contributed by atoms with van der Waals surface area (Å²) in [5.41, 5.74) is 7.27. The maximum absolute atomic E-state index is 12.6. The Hall–Kier alpha value is -1.22. The maximum Gasteiger partial charge on any atom is 0.230 e. The molecule has 3 unspecified atom stereocenters. The maximum atomic E-state index is 12.6. The second kappa shape index (κ2) is 4.71. The highest BCUT2D eigenvalue weighted by molar-refractivity contribution is 6.31. The molecule has 19 heavy (non-hydrogen) atoms. The van der Waals surface area contributed by atoms with E-state index in [1.807, 2.05) is 0 Å². The first kappa shape index (κ1) is 12.8. The Morgan fingerprint density at radius 2 is 2.16 bits per heavy atom.